The third kappa shape index (κ3) is 3.45. The maximum atomic E-state index is 5.65. The molecule has 3 heteroatoms. The molecule has 0 spiro atoms. The first-order valence-electron chi connectivity index (χ1n) is 4.38. The molecule has 0 unspecified atom stereocenters. The first-order chi connectivity index (χ1) is 5.33. The molecule has 1 aliphatic rings. The number of hydrogen-bond donors (Lipinski definition) is 1. The molecule has 2 nitrogen and oxygen atoms in total. The second kappa shape index (κ2) is 5.01. The summed E-state index contributed by atoms with van der Waals surface area (Å²) in [6.07, 6.45) is 1.32. The van der Waals surface area contributed by atoms with Crippen molar-refractivity contribution >= 4 is 11.8 Å². The average Bonchev–Trinajstić information content (AvgIpc) is 1.94. The molecule has 1 rings (SSSR count). The Bertz CT molecular complexity index is 102. The molecule has 1 heterocycles. The third-order valence-electron chi connectivity index (χ3n) is 1.95. The van der Waals surface area contributed by atoms with Gasteiger partial charge in [0.15, 0.2) is 0 Å². The second-order valence-electron chi connectivity index (χ2n) is 3.07. The zero-order valence-electron chi connectivity index (χ0n) is 7.25. The van der Waals surface area contributed by atoms with E-state index < -0.39 is 0 Å². The molecule has 0 saturated carbocycles. The lowest BCUT2D eigenvalue weighted by Gasteiger charge is -2.36. The van der Waals surface area contributed by atoms with E-state index in [9.17, 15) is 0 Å². The predicted molar refractivity (Wildman–Crippen MR) is 52.0 cm³/mol. The van der Waals surface area contributed by atoms with Crippen molar-refractivity contribution in [3.8, 4) is 0 Å². The molecule has 1 fully saturated rings. The molecular formula is C8H18N2S. The van der Waals surface area contributed by atoms with Gasteiger partial charge < -0.3 is 10.6 Å². The van der Waals surface area contributed by atoms with Gasteiger partial charge in [0, 0.05) is 19.1 Å². The molecule has 0 bridgehead atoms. The molecule has 66 valence electrons. The van der Waals surface area contributed by atoms with Crippen molar-refractivity contribution in [1.82, 2.24) is 4.90 Å². The zero-order chi connectivity index (χ0) is 8.10. The van der Waals surface area contributed by atoms with Crippen molar-refractivity contribution in [3.05, 3.63) is 0 Å². The number of nitrogens with zero attached hydrogens (tertiary/aromatic N) is 1. The van der Waals surface area contributed by atoms with Gasteiger partial charge in [-0.05, 0) is 24.5 Å². The lowest BCUT2D eigenvalue weighted by molar-refractivity contribution is 0.152. The Labute approximate surface area is 73.5 Å². The van der Waals surface area contributed by atoms with Crippen molar-refractivity contribution < 1.29 is 0 Å². The lowest BCUT2D eigenvalue weighted by Crippen LogP contribution is -2.55. The van der Waals surface area contributed by atoms with E-state index in [1.807, 2.05) is 11.8 Å². The minimum atomic E-state index is 0.467. The number of hydrogen-bond acceptors (Lipinski definition) is 3. The highest BCUT2D eigenvalue weighted by molar-refractivity contribution is 7.99. The average molecular weight is 174 g/mol. The Morgan fingerprint density at radius 3 is 2.82 bits per heavy atom. The van der Waals surface area contributed by atoms with Gasteiger partial charge in [-0.25, -0.2) is 0 Å². The summed E-state index contributed by atoms with van der Waals surface area (Å²) in [5, 5.41) is 0. The molecule has 11 heavy (non-hydrogen) atoms. The van der Waals surface area contributed by atoms with Crippen LogP contribution in [0.4, 0.5) is 0 Å². The smallest absolute Gasteiger partial charge is 0.0297 e. The van der Waals surface area contributed by atoms with Gasteiger partial charge in [0.05, 0.1) is 0 Å². The van der Waals surface area contributed by atoms with Crippen LogP contribution in [0.2, 0.25) is 0 Å². The summed E-state index contributed by atoms with van der Waals surface area (Å²) < 4.78 is 0. The summed E-state index contributed by atoms with van der Waals surface area (Å²) in [6, 6.07) is 0.467. The number of rotatable bonds is 5. The van der Waals surface area contributed by atoms with Gasteiger partial charge in [0.1, 0.15) is 0 Å². The third-order valence-corrected chi connectivity index (χ3v) is 2.94. The normalized spacial score (nSPS) is 20.2. The maximum absolute atomic E-state index is 5.65. The van der Waals surface area contributed by atoms with Crippen molar-refractivity contribution in [2.24, 2.45) is 5.73 Å². The Morgan fingerprint density at radius 2 is 2.27 bits per heavy atom. The van der Waals surface area contributed by atoms with Crippen LogP contribution in [0.25, 0.3) is 0 Å². The quantitative estimate of drug-likeness (QED) is 0.624. The van der Waals surface area contributed by atoms with Crippen LogP contribution in [-0.2, 0) is 0 Å². The molecule has 0 aliphatic carbocycles. The van der Waals surface area contributed by atoms with E-state index in [-0.39, 0.29) is 0 Å². The van der Waals surface area contributed by atoms with Crippen LogP contribution in [0.1, 0.15) is 13.3 Å². The van der Waals surface area contributed by atoms with Crippen LogP contribution < -0.4 is 5.73 Å². The first-order valence-corrected chi connectivity index (χ1v) is 5.54. The number of thioether (sulfide) groups is 1. The fourth-order valence-corrected chi connectivity index (χ4v) is 1.95. The van der Waals surface area contributed by atoms with Gasteiger partial charge in [0.25, 0.3) is 0 Å². The summed E-state index contributed by atoms with van der Waals surface area (Å²) in [6.45, 7) is 5.71. The molecule has 1 aliphatic heterocycles. The Hall–Kier alpha value is 0.270. The summed E-state index contributed by atoms with van der Waals surface area (Å²) in [5.74, 6) is 2.56. The highest BCUT2D eigenvalue weighted by atomic mass is 32.2. The van der Waals surface area contributed by atoms with Gasteiger partial charge >= 0.3 is 0 Å². The molecule has 0 aromatic rings. The van der Waals surface area contributed by atoms with E-state index in [4.69, 9.17) is 5.73 Å². The van der Waals surface area contributed by atoms with Crippen molar-refractivity contribution in [3.63, 3.8) is 0 Å². The van der Waals surface area contributed by atoms with Crippen LogP contribution in [0.3, 0.4) is 0 Å². The Morgan fingerprint density at radius 1 is 1.55 bits per heavy atom. The summed E-state index contributed by atoms with van der Waals surface area (Å²) in [5.41, 5.74) is 5.65. The first kappa shape index (κ1) is 9.36. The van der Waals surface area contributed by atoms with Gasteiger partial charge in [0.2, 0.25) is 0 Å². The van der Waals surface area contributed by atoms with E-state index in [1.165, 1.54) is 24.5 Å². The highest BCUT2D eigenvalue weighted by Crippen LogP contribution is 2.07. The van der Waals surface area contributed by atoms with Crippen LogP contribution in [0, 0.1) is 0 Å². The monoisotopic (exact) mass is 174 g/mol. The Kier molecular flexibility index (Phi) is 4.26. The van der Waals surface area contributed by atoms with E-state index in [2.05, 4.69) is 11.8 Å². The van der Waals surface area contributed by atoms with E-state index in [0.29, 0.717) is 6.04 Å². The molecule has 2 N–H and O–H groups in total. The lowest BCUT2D eigenvalue weighted by atomic mass is 10.1. The molecule has 1 saturated heterocycles. The van der Waals surface area contributed by atoms with Crippen molar-refractivity contribution in [1.29, 1.82) is 0 Å². The summed E-state index contributed by atoms with van der Waals surface area (Å²) in [7, 11) is 0. The van der Waals surface area contributed by atoms with Crippen LogP contribution >= 0.6 is 11.8 Å². The van der Waals surface area contributed by atoms with Crippen molar-refractivity contribution in [2.45, 2.75) is 19.4 Å². The largest absolute Gasteiger partial charge is 0.325 e. The minimum absolute atomic E-state index is 0.467. The minimum Gasteiger partial charge on any atom is -0.325 e. The molecule has 0 amide bonds. The maximum Gasteiger partial charge on any atom is 0.0297 e. The standard InChI is InChI=1S/C8H18N2S/c1-2-11-5-3-4-10-6-8(9)7-10/h8H,2-7,9H2,1H3. The Balaban J connectivity index is 1.81. The molecule has 0 radical (unpaired) electrons. The van der Waals surface area contributed by atoms with Crippen LogP contribution in [-0.4, -0.2) is 42.1 Å². The van der Waals surface area contributed by atoms with E-state index in [1.54, 1.807) is 0 Å². The number of nitrogens with two attached hydrogens (primary N) is 1. The predicted octanol–water partition coefficient (Wildman–Crippen LogP) is 0.773. The fraction of sp³-hybridized carbons (Fsp3) is 1.00. The number of likely N-dealkylation sites (tertiary alicyclic amines) is 1. The fourth-order valence-electron chi connectivity index (χ4n) is 1.33. The van der Waals surface area contributed by atoms with Gasteiger partial charge in [-0.3, -0.25) is 0 Å². The van der Waals surface area contributed by atoms with Crippen LogP contribution in [0.15, 0.2) is 0 Å². The van der Waals surface area contributed by atoms with Crippen LogP contribution in [0.5, 0.6) is 0 Å². The van der Waals surface area contributed by atoms with E-state index in [0.717, 1.165) is 13.1 Å². The topological polar surface area (TPSA) is 29.3 Å². The van der Waals surface area contributed by atoms with E-state index >= 15 is 0 Å². The van der Waals surface area contributed by atoms with Gasteiger partial charge in [-0.2, -0.15) is 11.8 Å². The molecular weight excluding hydrogens is 156 g/mol. The van der Waals surface area contributed by atoms with Crippen molar-refractivity contribution in [2.75, 3.05) is 31.1 Å². The van der Waals surface area contributed by atoms with Gasteiger partial charge in [-0.15, -0.1) is 0 Å². The second-order valence-corrected chi connectivity index (χ2v) is 4.46. The summed E-state index contributed by atoms with van der Waals surface area (Å²) >= 11 is 2.03. The van der Waals surface area contributed by atoms with Gasteiger partial charge in [-0.1, -0.05) is 6.92 Å². The zero-order valence-corrected chi connectivity index (χ0v) is 8.07. The highest BCUT2D eigenvalue weighted by Gasteiger charge is 2.21. The SMILES string of the molecule is CCSCCCN1CC(N)C1. The summed E-state index contributed by atoms with van der Waals surface area (Å²) in [4.78, 5) is 2.43. The molecule has 0 aromatic carbocycles. The molecule has 0 atom stereocenters. The molecule has 0 aromatic heterocycles.